The molecule has 0 saturated heterocycles. The molecule has 0 aliphatic carbocycles. The van der Waals surface area contributed by atoms with Gasteiger partial charge in [0.05, 0.1) is 4.90 Å². The van der Waals surface area contributed by atoms with Gasteiger partial charge in [-0.1, -0.05) is 18.2 Å². The number of aryl methyl sites for hydroxylation is 1. The Kier molecular flexibility index (Phi) is 4.53. The highest BCUT2D eigenvalue weighted by Crippen LogP contribution is 2.15. The van der Waals surface area contributed by atoms with E-state index in [1.807, 2.05) is 38.9 Å². The van der Waals surface area contributed by atoms with Crippen molar-refractivity contribution in [2.45, 2.75) is 31.2 Å². The Balaban J connectivity index is 2.88. The molecule has 0 saturated carbocycles. The van der Waals surface area contributed by atoms with Crippen molar-refractivity contribution in [2.24, 2.45) is 0 Å². The molecule has 0 heterocycles. The van der Waals surface area contributed by atoms with E-state index in [-0.39, 0.29) is 5.54 Å². The molecule has 1 aromatic rings. The molecular weight excluding hydrogens is 248 g/mol. The highest BCUT2D eigenvalue weighted by atomic mass is 32.2. The second-order valence-electron chi connectivity index (χ2n) is 5.30. The lowest BCUT2D eigenvalue weighted by atomic mass is 10.1. The van der Waals surface area contributed by atoms with Crippen LogP contribution in [0.5, 0.6) is 0 Å². The van der Waals surface area contributed by atoms with Crippen molar-refractivity contribution >= 4 is 10.0 Å². The van der Waals surface area contributed by atoms with Crippen LogP contribution in [0.1, 0.15) is 19.4 Å². The summed E-state index contributed by atoms with van der Waals surface area (Å²) in [5, 5.41) is 0. The summed E-state index contributed by atoms with van der Waals surface area (Å²) < 4.78 is 27.1. The van der Waals surface area contributed by atoms with E-state index in [1.165, 1.54) is 0 Å². The minimum absolute atomic E-state index is 0.226. The Morgan fingerprint density at radius 3 is 2.28 bits per heavy atom. The van der Waals surface area contributed by atoms with E-state index in [4.69, 9.17) is 0 Å². The molecule has 0 atom stereocenters. The summed E-state index contributed by atoms with van der Waals surface area (Å²) in [5.41, 5.74) is 0.531. The van der Waals surface area contributed by atoms with Crippen molar-refractivity contribution in [3.05, 3.63) is 29.8 Å². The first-order valence-electron chi connectivity index (χ1n) is 5.89. The fourth-order valence-corrected chi connectivity index (χ4v) is 2.81. The monoisotopic (exact) mass is 270 g/mol. The number of benzene rings is 1. The summed E-state index contributed by atoms with van der Waals surface area (Å²) in [7, 11) is 0.431. The Morgan fingerprint density at radius 2 is 1.78 bits per heavy atom. The fraction of sp³-hybridized carbons (Fsp3) is 0.538. The second kappa shape index (κ2) is 5.38. The second-order valence-corrected chi connectivity index (χ2v) is 7.03. The van der Waals surface area contributed by atoms with Crippen molar-refractivity contribution in [2.75, 3.05) is 20.6 Å². The molecule has 0 spiro atoms. The molecule has 0 aromatic heterocycles. The third kappa shape index (κ3) is 3.54. The van der Waals surface area contributed by atoms with E-state index in [0.717, 1.165) is 5.56 Å². The van der Waals surface area contributed by atoms with Crippen LogP contribution in [-0.2, 0) is 10.0 Å². The average Bonchev–Trinajstić information content (AvgIpc) is 2.27. The molecule has 18 heavy (non-hydrogen) atoms. The topological polar surface area (TPSA) is 49.4 Å². The van der Waals surface area contributed by atoms with E-state index < -0.39 is 10.0 Å². The summed E-state index contributed by atoms with van der Waals surface area (Å²) in [6, 6.07) is 6.99. The van der Waals surface area contributed by atoms with Gasteiger partial charge in [-0.2, -0.15) is 0 Å². The molecule has 4 nitrogen and oxygen atoms in total. The van der Waals surface area contributed by atoms with Crippen LogP contribution >= 0.6 is 0 Å². The van der Waals surface area contributed by atoms with Gasteiger partial charge in [-0.15, -0.1) is 0 Å². The third-order valence-electron chi connectivity index (χ3n) is 3.29. The molecule has 0 aliphatic rings. The van der Waals surface area contributed by atoms with Crippen LogP contribution in [0.25, 0.3) is 0 Å². The smallest absolute Gasteiger partial charge is 0.240 e. The van der Waals surface area contributed by atoms with Gasteiger partial charge >= 0.3 is 0 Å². The predicted molar refractivity (Wildman–Crippen MR) is 74.1 cm³/mol. The van der Waals surface area contributed by atoms with Gasteiger partial charge in [-0.05, 0) is 46.5 Å². The number of likely N-dealkylation sites (N-methyl/N-ethyl adjacent to an activating group) is 1. The first kappa shape index (κ1) is 15.1. The van der Waals surface area contributed by atoms with Gasteiger partial charge in [0.2, 0.25) is 10.0 Å². The summed E-state index contributed by atoms with van der Waals surface area (Å²) >= 11 is 0. The quantitative estimate of drug-likeness (QED) is 0.884. The lowest BCUT2D eigenvalue weighted by molar-refractivity contribution is 0.199. The molecule has 0 aliphatic heterocycles. The minimum atomic E-state index is -3.43. The zero-order valence-corrected chi connectivity index (χ0v) is 12.5. The van der Waals surface area contributed by atoms with E-state index in [9.17, 15) is 8.42 Å². The molecule has 1 N–H and O–H groups in total. The fourth-order valence-electron chi connectivity index (χ4n) is 1.37. The number of hydrogen-bond donors (Lipinski definition) is 1. The lowest BCUT2D eigenvalue weighted by Gasteiger charge is -2.32. The number of nitrogens with one attached hydrogen (secondary N) is 1. The normalized spacial score (nSPS) is 13.0. The first-order valence-corrected chi connectivity index (χ1v) is 7.38. The van der Waals surface area contributed by atoms with E-state index in [1.54, 1.807) is 25.1 Å². The van der Waals surface area contributed by atoms with Gasteiger partial charge in [0, 0.05) is 12.1 Å². The number of hydrogen-bond acceptors (Lipinski definition) is 3. The van der Waals surface area contributed by atoms with Crippen LogP contribution < -0.4 is 4.72 Å². The molecular formula is C13H22N2O2S. The van der Waals surface area contributed by atoms with Crippen molar-refractivity contribution < 1.29 is 8.42 Å². The van der Waals surface area contributed by atoms with Gasteiger partial charge in [0.15, 0.2) is 0 Å². The molecule has 0 unspecified atom stereocenters. The SMILES string of the molecule is Cc1ccccc1S(=O)(=O)NCC(C)(C)N(C)C. The summed E-state index contributed by atoms with van der Waals surface area (Å²) in [6.45, 7) is 6.16. The molecule has 1 rings (SSSR count). The Hall–Kier alpha value is -0.910. The predicted octanol–water partition coefficient (Wildman–Crippen LogP) is 1.61. The van der Waals surface area contributed by atoms with Crippen molar-refractivity contribution in [3.63, 3.8) is 0 Å². The van der Waals surface area contributed by atoms with Crippen LogP contribution in [0, 0.1) is 6.92 Å². The zero-order chi connectivity index (χ0) is 14.0. The van der Waals surface area contributed by atoms with Gasteiger partial charge in [-0.25, -0.2) is 13.1 Å². The summed E-state index contributed by atoms with van der Waals surface area (Å²) in [6.07, 6.45) is 0. The minimum Gasteiger partial charge on any atom is -0.303 e. The number of nitrogens with zero attached hydrogens (tertiary/aromatic N) is 1. The van der Waals surface area contributed by atoms with Crippen LogP contribution in [0.2, 0.25) is 0 Å². The van der Waals surface area contributed by atoms with E-state index in [2.05, 4.69) is 4.72 Å². The summed E-state index contributed by atoms with van der Waals surface area (Å²) in [5.74, 6) is 0. The van der Waals surface area contributed by atoms with Gasteiger partial charge in [0.1, 0.15) is 0 Å². The zero-order valence-electron chi connectivity index (χ0n) is 11.7. The van der Waals surface area contributed by atoms with Crippen LogP contribution in [0.4, 0.5) is 0 Å². The molecule has 1 aromatic carbocycles. The standard InChI is InChI=1S/C13H22N2O2S/c1-11-8-6-7-9-12(11)18(16,17)14-10-13(2,3)15(4)5/h6-9,14H,10H2,1-5H3. The molecule has 0 amide bonds. The van der Waals surface area contributed by atoms with Gasteiger partial charge in [-0.3, -0.25) is 0 Å². The molecule has 0 radical (unpaired) electrons. The maximum Gasteiger partial charge on any atom is 0.240 e. The summed E-state index contributed by atoms with van der Waals surface area (Å²) in [4.78, 5) is 2.34. The van der Waals surface area contributed by atoms with E-state index in [0.29, 0.717) is 11.4 Å². The van der Waals surface area contributed by atoms with Crippen molar-refractivity contribution in [3.8, 4) is 0 Å². The van der Waals surface area contributed by atoms with Crippen LogP contribution in [0.3, 0.4) is 0 Å². The third-order valence-corrected chi connectivity index (χ3v) is 4.85. The molecule has 102 valence electrons. The van der Waals surface area contributed by atoms with E-state index >= 15 is 0 Å². The number of sulfonamides is 1. The maximum atomic E-state index is 12.2. The highest BCUT2D eigenvalue weighted by molar-refractivity contribution is 7.89. The van der Waals surface area contributed by atoms with Gasteiger partial charge < -0.3 is 4.90 Å². The number of rotatable bonds is 5. The largest absolute Gasteiger partial charge is 0.303 e. The van der Waals surface area contributed by atoms with Gasteiger partial charge in [0.25, 0.3) is 0 Å². The van der Waals surface area contributed by atoms with Crippen LogP contribution in [-0.4, -0.2) is 39.5 Å². The van der Waals surface area contributed by atoms with Crippen LogP contribution in [0.15, 0.2) is 29.2 Å². The Morgan fingerprint density at radius 1 is 1.22 bits per heavy atom. The maximum absolute atomic E-state index is 12.2. The van der Waals surface area contributed by atoms with Crippen molar-refractivity contribution in [1.29, 1.82) is 0 Å². The molecule has 0 fully saturated rings. The average molecular weight is 270 g/mol. The Bertz CT molecular complexity index is 507. The molecule has 5 heteroatoms. The lowest BCUT2D eigenvalue weighted by Crippen LogP contribution is -2.48. The Labute approximate surface area is 110 Å². The highest BCUT2D eigenvalue weighted by Gasteiger charge is 2.24. The first-order chi connectivity index (χ1) is 8.17. The molecule has 0 bridgehead atoms. The van der Waals surface area contributed by atoms with Crippen molar-refractivity contribution in [1.82, 2.24) is 9.62 Å².